The molecule has 14 heavy (non-hydrogen) atoms. The fourth-order valence-corrected chi connectivity index (χ4v) is 1.01. The number of carbonyl (C=O) groups is 1. The maximum atomic E-state index is 12.4. The predicted molar refractivity (Wildman–Crippen MR) is 44.5 cm³/mol. The lowest BCUT2D eigenvalue weighted by molar-refractivity contribution is 0.0473. The maximum Gasteiger partial charge on any atom is 0.333 e. The summed E-state index contributed by atoms with van der Waals surface area (Å²) in [4.78, 5) is 11.3. The fraction of sp³-hybridized carbons (Fsp3) is 0.429. The zero-order chi connectivity index (χ0) is 10.9. The molecule has 0 aliphatic heterocycles. The highest BCUT2D eigenvalue weighted by Gasteiger charge is 2.20. The van der Waals surface area contributed by atoms with Gasteiger partial charge in [-0.1, -0.05) is 0 Å². The SMILES string of the molecule is Cc1cc(C(=O)N(C)N)n(C(F)F)n1. The first-order valence-electron chi connectivity index (χ1n) is 3.80. The van der Waals surface area contributed by atoms with Gasteiger partial charge in [-0.05, 0) is 13.0 Å². The number of nitrogens with two attached hydrogens (primary N) is 1. The standard InChI is InChI=1S/C7H10F2N4O/c1-4-3-5(6(14)12(2)10)13(11-4)7(8)9/h3,7H,10H2,1-2H3. The molecule has 1 amide bonds. The summed E-state index contributed by atoms with van der Waals surface area (Å²) in [6, 6.07) is 1.26. The number of aryl methyl sites for hydroxylation is 1. The summed E-state index contributed by atoms with van der Waals surface area (Å²) in [5, 5.41) is 4.21. The molecule has 78 valence electrons. The van der Waals surface area contributed by atoms with Crippen molar-refractivity contribution in [2.75, 3.05) is 7.05 Å². The Bertz CT molecular complexity index is 347. The van der Waals surface area contributed by atoms with Crippen molar-refractivity contribution in [1.82, 2.24) is 14.8 Å². The molecule has 0 unspecified atom stereocenters. The molecule has 1 heterocycles. The molecule has 0 aromatic carbocycles. The summed E-state index contributed by atoms with van der Waals surface area (Å²) < 4.78 is 25.1. The first-order valence-corrected chi connectivity index (χ1v) is 3.80. The van der Waals surface area contributed by atoms with Crippen LogP contribution in [0, 0.1) is 6.92 Å². The summed E-state index contributed by atoms with van der Waals surface area (Å²) in [6.45, 7) is -1.32. The zero-order valence-corrected chi connectivity index (χ0v) is 7.74. The number of carbonyl (C=O) groups excluding carboxylic acids is 1. The third-order valence-corrected chi connectivity index (χ3v) is 1.58. The molecule has 0 aliphatic rings. The molecule has 0 bridgehead atoms. The largest absolute Gasteiger partial charge is 0.333 e. The Balaban J connectivity index is 3.13. The van der Waals surface area contributed by atoms with Crippen molar-refractivity contribution in [3.63, 3.8) is 0 Å². The molecular formula is C7H10F2N4O. The van der Waals surface area contributed by atoms with E-state index in [2.05, 4.69) is 5.10 Å². The minimum absolute atomic E-state index is 0.220. The lowest BCUT2D eigenvalue weighted by atomic mass is 10.3. The molecule has 7 heteroatoms. The predicted octanol–water partition coefficient (Wildman–Crippen LogP) is 0.532. The average molecular weight is 204 g/mol. The highest BCUT2D eigenvalue weighted by atomic mass is 19.3. The van der Waals surface area contributed by atoms with Gasteiger partial charge in [-0.25, -0.2) is 5.84 Å². The van der Waals surface area contributed by atoms with Gasteiger partial charge in [0.1, 0.15) is 5.69 Å². The molecule has 0 radical (unpaired) electrons. The Kier molecular flexibility index (Phi) is 2.80. The van der Waals surface area contributed by atoms with E-state index >= 15 is 0 Å². The van der Waals surface area contributed by atoms with Crippen LogP contribution in [-0.2, 0) is 0 Å². The van der Waals surface area contributed by atoms with Crippen LogP contribution in [0.1, 0.15) is 22.7 Å². The van der Waals surface area contributed by atoms with Gasteiger partial charge in [0, 0.05) is 7.05 Å². The van der Waals surface area contributed by atoms with E-state index in [9.17, 15) is 13.6 Å². The van der Waals surface area contributed by atoms with Gasteiger partial charge in [0.05, 0.1) is 5.69 Å². The van der Waals surface area contributed by atoms with Crippen molar-refractivity contribution in [3.8, 4) is 0 Å². The van der Waals surface area contributed by atoms with Crippen LogP contribution in [0.5, 0.6) is 0 Å². The Morgan fingerprint density at radius 3 is 2.71 bits per heavy atom. The Hall–Kier alpha value is -1.50. The number of amides is 1. The van der Waals surface area contributed by atoms with E-state index in [0.29, 0.717) is 10.4 Å². The van der Waals surface area contributed by atoms with E-state index in [-0.39, 0.29) is 5.69 Å². The summed E-state index contributed by atoms with van der Waals surface area (Å²) in [5.41, 5.74) is 0.123. The minimum atomic E-state index is -2.84. The Labute approximate surface area is 79.1 Å². The number of rotatable bonds is 2. The van der Waals surface area contributed by atoms with Crippen LogP contribution >= 0.6 is 0 Å². The van der Waals surface area contributed by atoms with Crippen molar-refractivity contribution in [3.05, 3.63) is 17.5 Å². The van der Waals surface area contributed by atoms with Crippen molar-refractivity contribution < 1.29 is 13.6 Å². The molecule has 0 saturated heterocycles. The number of hydrogen-bond acceptors (Lipinski definition) is 3. The van der Waals surface area contributed by atoms with Gasteiger partial charge in [0.25, 0.3) is 5.91 Å². The molecular weight excluding hydrogens is 194 g/mol. The maximum absolute atomic E-state index is 12.4. The summed E-state index contributed by atoms with van der Waals surface area (Å²) in [7, 11) is 1.28. The first-order chi connectivity index (χ1) is 6.43. The number of hydrogen-bond donors (Lipinski definition) is 1. The molecule has 0 saturated carbocycles. The van der Waals surface area contributed by atoms with Gasteiger partial charge < -0.3 is 0 Å². The van der Waals surface area contributed by atoms with Gasteiger partial charge in [-0.15, -0.1) is 0 Å². The smallest absolute Gasteiger partial charge is 0.278 e. The van der Waals surface area contributed by atoms with Crippen LogP contribution in [0.3, 0.4) is 0 Å². The van der Waals surface area contributed by atoms with E-state index in [1.165, 1.54) is 20.0 Å². The number of aromatic nitrogens is 2. The second-order valence-electron chi connectivity index (χ2n) is 2.81. The summed E-state index contributed by atoms with van der Waals surface area (Å²) in [6.07, 6.45) is 0. The number of halogens is 2. The lowest BCUT2D eigenvalue weighted by Crippen LogP contribution is -2.34. The number of hydrazine groups is 1. The monoisotopic (exact) mass is 204 g/mol. The summed E-state index contributed by atoms with van der Waals surface area (Å²) in [5.74, 6) is 4.44. The van der Waals surface area contributed by atoms with Gasteiger partial charge in [0.2, 0.25) is 0 Å². The Morgan fingerprint density at radius 2 is 2.29 bits per heavy atom. The van der Waals surface area contributed by atoms with Crippen molar-refractivity contribution >= 4 is 5.91 Å². The van der Waals surface area contributed by atoms with Crippen molar-refractivity contribution in [2.24, 2.45) is 5.84 Å². The highest BCUT2D eigenvalue weighted by molar-refractivity contribution is 5.92. The molecule has 1 rings (SSSR count). The van der Waals surface area contributed by atoms with Crippen LogP contribution in [0.2, 0.25) is 0 Å². The molecule has 0 fully saturated rings. The zero-order valence-electron chi connectivity index (χ0n) is 7.74. The second-order valence-corrected chi connectivity index (χ2v) is 2.81. The van der Waals surface area contributed by atoms with Gasteiger partial charge in [-0.3, -0.25) is 9.80 Å². The average Bonchev–Trinajstić information content (AvgIpc) is 2.45. The van der Waals surface area contributed by atoms with E-state index in [1.807, 2.05) is 0 Å². The molecule has 1 aromatic heterocycles. The number of alkyl halides is 2. The third-order valence-electron chi connectivity index (χ3n) is 1.58. The van der Waals surface area contributed by atoms with Crippen LogP contribution < -0.4 is 5.84 Å². The van der Waals surface area contributed by atoms with Gasteiger partial charge in [0.15, 0.2) is 0 Å². The van der Waals surface area contributed by atoms with Crippen LogP contribution in [0.15, 0.2) is 6.07 Å². The van der Waals surface area contributed by atoms with Crippen molar-refractivity contribution in [2.45, 2.75) is 13.5 Å². The minimum Gasteiger partial charge on any atom is -0.278 e. The second kappa shape index (κ2) is 3.70. The van der Waals surface area contributed by atoms with E-state index in [4.69, 9.17) is 5.84 Å². The van der Waals surface area contributed by atoms with Crippen LogP contribution in [0.4, 0.5) is 8.78 Å². The lowest BCUT2D eigenvalue weighted by Gasteiger charge is -2.10. The fourth-order valence-electron chi connectivity index (χ4n) is 1.01. The van der Waals surface area contributed by atoms with E-state index in [1.54, 1.807) is 0 Å². The first kappa shape index (κ1) is 10.6. The Morgan fingerprint density at radius 1 is 1.71 bits per heavy atom. The van der Waals surface area contributed by atoms with Crippen LogP contribution in [0.25, 0.3) is 0 Å². The molecule has 5 nitrogen and oxygen atoms in total. The summed E-state index contributed by atoms with van der Waals surface area (Å²) >= 11 is 0. The van der Waals surface area contributed by atoms with Gasteiger partial charge >= 0.3 is 6.55 Å². The molecule has 0 spiro atoms. The van der Waals surface area contributed by atoms with Gasteiger partial charge in [-0.2, -0.15) is 18.6 Å². The normalized spacial score (nSPS) is 10.7. The van der Waals surface area contributed by atoms with E-state index in [0.717, 1.165) is 5.01 Å². The molecule has 0 atom stereocenters. The topological polar surface area (TPSA) is 64.2 Å². The molecule has 1 aromatic rings. The van der Waals surface area contributed by atoms with E-state index < -0.39 is 12.5 Å². The van der Waals surface area contributed by atoms with Crippen molar-refractivity contribution in [1.29, 1.82) is 0 Å². The highest BCUT2D eigenvalue weighted by Crippen LogP contribution is 2.14. The number of nitrogens with zero attached hydrogens (tertiary/aromatic N) is 3. The molecule has 0 aliphatic carbocycles. The molecule has 2 N–H and O–H groups in total. The quantitative estimate of drug-likeness (QED) is 0.434. The third kappa shape index (κ3) is 1.87. The van der Waals surface area contributed by atoms with Crippen LogP contribution in [-0.4, -0.2) is 27.7 Å².